The van der Waals surface area contributed by atoms with E-state index in [-0.39, 0.29) is 10.7 Å². The molecule has 3 aromatic rings. The minimum Gasteiger partial charge on any atom is -0.283 e. The molecule has 0 unspecified atom stereocenters. The van der Waals surface area contributed by atoms with Crippen LogP contribution in [0.4, 0.5) is 17.6 Å². The summed E-state index contributed by atoms with van der Waals surface area (Å²) in [7, 11) is -2.52. The van der Waals surface area contributed by atoms with Crippen molar-refractivity contribution < 1.29 is 27.0 Å². The van der Waals surface area contributed by atoms with Gasteiger partial charge in [-0.25, -0.2) is 19.3 Å². The summed E-state index contributed by atoms with van der Waals surface area (Å²) in [5, 5.41) is -0.230. The minimum atomic E-state index is -4.51. The van der Waals surface area contributed by atoms with Crippen LogP contribution in [0.2, 0.25) is 18.1 Å². The van der Waals surface area contributed by atoms with E-state index in [1.165, 1.54) is 36.4 Å². The number of rotatable bonds is 6. The molecule has 1 aliphatic heterocycles. The maximum Gasteiger partial charge on any atom is 0.416 e. The third kappa shape index (κ3) is 5.44. The van der Waals surface area contributed by atoms with Crippen molar-refractivity contribution in [3.63, 3.8) is 0 Å². The Morgan fingerprint density at radius 2 is 1.38 bits per heavy atom. The smallest absolute Gasteiger partial charge is 0.283 e. The van der Waals surface area contributed by atoms with Gasteiger partial charge in [0.1, 0.15) is 11.5 Å². The molecule has 9 heteroatoms. The number of benzene rings is 3. The van der Waals surface area contributed by atoms with Gasteiger partial charge in [0, 0.05) is 16.7 Å². The van der Waals surface area contributed by atoms with E-state index in [0.717, 1.165) is 12.1 Å². The lowest BCUT2D eigenvalue weighted by Crippen LogP contribution is -2.45. The van der Waals surface area contributed by atoms with Gasteiger partial charge in [0.15, 0.2) is 5.84 Å². The lowest BCUT2D eigenvalue weighted by atomic mass is 9.92. The van der Waals surface area contributed by atoms with Gasteiger partial charge < -0.3 is 0 Å². The van der Waals surface area contributed by atoms with Crippen LogP contribution in [-0.2, 0) is 21.4 Å². The quantitative estimate of drug-likeness (QED) is 0.141. The number of nitrogens with zero attached hydrogens (tertiary/aromatic N) is 2. The summed E-state index contributed by atoms with van der Waals surface area (Å²) in [6, 6.07) is 19.4. The highest BCUT2D eigenvalue weighted by atomic mass is 28.4. The van der Waals surface area contributed by atoms with Crippen molar-refractivity contribution in [3.8, 4) is 0 Å². The second-order valence-electron chi connectivity index (χ2n) is 10.4. The zero-order valence-corrected chi connectivity index (χ0v) is 22.2. The zero-order chi connectivity index (χ0) is 27.1. The fourth-order valence-electron chi connectivity index (χ4n) is 3.48. The molecule has 0 radical (unpaired) electrons. The van der Waals surface area contributed by atoms with Crippen LogP contribution in [0.15, 0.2) is 88.8 Å². The van der Waals surface area contributed by atoms with Crippen LogP contribution < -0.4 is 0 Å². The van der Waals surface area contributed by atoms with E-state index < -0.39 is 31.6 Å². The molecule has 0 spiro atoms. The standard InChI is InChI=1S/C28H28F4N2O2Si/c1-26(2,3)37(4,5)36-35-27(21-13-15-22(16-14-21)28(30,31)32)24(19-11-17-23(29)18-12-19)33-25(34-27)20-9-7-6-8-10-20/h6-18H,1-5H3/t27-/m0/s1. The van der Waals surface area contributed by atoms with E-state index in [1.54, 1.807) is 0 Å². The Bertz CT molecular complexity index is 1310. The Morgan fingerprint density at radius 1 is 0.784 bits per heavy atom. The molecule has 4 nitrogen and oxygen atoms in total. The summed E-state index contributed by atoms with van der Waals surface area (Å²) in [6.07, 6.45) is -4.51. The molecule has 1 atom stereocenters. The molecule has 0 aliphatic carbocycles. The molecule has 194 valence electrons. The monoisotopic (exact) mass is 528 g/mol. The van der Waals surface area contributed by atoms with Gasteiger partial charge in [0.2, 0.25) is 8.32 Å². The van der Waals surface area contributed by atoms with E-state index in [1.807, 2.05) is 64.2 Å². The number of alkyl halides is 3. The molecule has 0 saturated heterocycles. The first-order valence-corrected chi connectivity index (χ1v) is 14.7. The molecule has 0 amide bonds. The van der Waals surface area contributed by atoms with Crippen LogP contribution in [0.25, 0.3) is 0 Å². The summed E-state index contributed by atoms with van der Waals surface area (Å²) < 4.78 is 60.0. The second-order valence-corrected chi connectivity index (χ2v) is 15.1. The average molecular weight is 529 g/mol. The van der Waals surface area contributed by atoms with Gasteiger partial charge in [0.05, 0.1) is 5.56 Å². The number of halogens is 4. The Morgan fingerprint density at radius 3 is 1.92 bits per heavy atom. The fourth-order valence-corrected chi connectivity index (χ4v) is 4.05. The summed E-state index contributed by atoms with van der Waals surface area (Å²) in [5.74, 6) is -0.122. The van der Waals surface area contributed by atoms with Crippen molar-refractivity contribution >= 4 is 19.9 Å². The highest BCUT2D eigenvalue weighted by Crippen LogP contribution is 2.43. The Labute approximate surface area is 214 Å². The molecular weight excluding hydrogens is 500 g/mol. The molecule has 0 saturated carbocycles. The average Bonchev–Trinajstić information content (AvgIpc) is 3.24. The number of amidine groups is 1. The lowest BCUT2D eigenvalue weighted by molar-refractivity contribution is -0.282. The largest absolute Gasteiger partial charge is 0.416 e. The van der Waals surface area contributed by atoms with Gasteiger partial charge in [0.25, 0.3) is 5.72 Å². The SMILES string of the molecule is CC(C)(C)[Si](C)(C)OO[C@]1(c2ccc(C(F)(F)F)cc2)N=C(c2ccccc2)N=C1c1ccc(F)cc1. The van der Waals surface area contributed by atoms with Gasteiger partial charge >= 0.3 is 6.18 Å². The first-order chi connectivity index (χ1) is 17.2. The van der Waals surface area contributed by atoms with Gasteiger partial charge in [-0.05, 0) is 42.4 Å². The first kappa shape index (κ1) is 26.9. The molecule has 3 aromatic carbocycles. The van der Waals surface area contributed by atoms with Crippen LogP contribution in [0.3, 0.4) is 0 Å². The van der Waals surface area contributed by atoms with Crippen LogP contribution in [0.5, 0.6) is 0 Å². The molecule has 1 heterocycles. The van der Waals surface area contributed by atoms with E-state index in [9.17, 15) is 17.6 Å². The molecule has 4 rings (SSSR count). The van der Waals surface area contributed by atoms with Gasteiger partial charge in [-0.1, -0.05) is 75.4 Å². The number of aliphatic imine (C=N–C) groups is 2. The maximum atomic E-state index is 13.8. The molecular formula is C28H28F4N2O2Si. The summed E-state index contributed by atoms with van der Waals surface area (Å²) in [6.45, 7) is 10.1. The fraction of sp³-hybridized carbons (Fsp3) is 0.286. The van der Waals surface area contributed by atoms with Crippen LogP contribution in [0, 0.1) is 5.82 Å². The maximum absolute atomic E-state index is 13.8. The van der Waals surface area contributed by atoms with E-state index in [2.05, 4.69) is 0 Å². The molecule has 0 bridgehead atoms. The van der Waals surface area contributed by atoms with Crippen molar-refractivity contribution in [1.82, 2.24) is 0 Å². The summed E-state index contributed by atoms with van der Waals surface area (Å²) in [5.41, 5.74) is -0.759. The van der Waals surface area contributed by atoms with Crippen molar-refractivity contribution in [2.75, 3.05) is 0 Å². The second kappa shape index (κ2) is 9.63. The third-order valence-electron chi connectivity index (χ3n) is 6.73. The highest BCUT2D eigenvalue weighted by Gasteiger charge is 2.49. The zero-order valence-electron chi connectivity index (χ0n) is 21.2. The van der Waals surface area contributed by atoms with Crippen molar-refractivity contribution in [2.24, 2.45) is 9.98 Å². The van der Waals surface area contributed by atoms with Gasteiger partial charge in [-0.2, -0.15) is 13.2 Å². The first-order valence-electron chi connectivity index (χ1n) is 11.8. The normalized spacial score (nSPS) is 18.5. The number of hydrogen-bond donors (Lipinski definition) is 0. The summed E-state index contributed by atoms with van der Waals surface area (Å²) in [4.78, 5) is 15.8. The highest BCUT2D eigenvalue weighted by molar-refractivity contribution is 6.73. The number of hydrogen-bond acceptors (Lipinski definition) is 4. The molecule has 1 aliphatic rings. The predicted octanol–water partition coefficient (Wildman–Crippen LogP) is 7.90. The Kier molecular flexibility index (Phi) is 7.00. The van der Waals surface area contributed by atoms with E-state index >= 15 is 0 Å². The molecule has 0 fully saturated rings. The molecule has 0 N–H and O–H groups in total. The van der Waals surface area contributed by atoms with Crippen LogP contribution >= 0.6 is 0 Å². The van der Waals surface area contributed by atoms with Gasteiger partial charge in [-0.15, -0.1) is 0 Å². The summed E-state index contributed by atoms with van der Waals surface area (Å²) >= 11 is 0. The topological polar surface area (TPSA) is 43.2 Å². The van der Waals surface area contributed by atoms with Crippen molar-refractivity contribution in [1.29, 1.82) is 0 Å². The van der Waals surface area contributed by atoms with Crippen molar-refractivity contribution in [3.05, 3.63) is 107 Å². The Balaban J connectivity index is 1.93. The Hall–Kier alpha value is -3.14. The van der Waals surface area contributed by atoms with Crippen molar-refractivity contribution in [2.45, 2.75) is 50.8 Å². The predicted molar refractivity (Wildman–Crippen MR) is 138 cm³/mol. The minimum absolute atomic E-state index is 0.230. The molecule has 0 aromatic heterocycles. The van der Waals surface area contributed by atoms with E-state index in [4.69, 9.17) is 19.4 Å². The van der Waals surface area contributed by atoms with Gasteiger partial charge in [-0.3, -0.25) is 4.58 Å². The van der Waals surface area contributed by atoms with E-state index in [0.29, 0.717) is 22.5 Å². The lowest BCUT2D eigenvalue weighted by Gasteiger charge is -2.38. The third-order valence-corrected chi connectivity index (χ3v) is 10.8. The van der Waals surface area contributed by atoms with Crippen LogP contribution in [0.1, 0.15) is 43.0 Å². The van der Waals surface area contributed by atoms with Crippen LogP contribution in [-0.4, -0.2) is 19.9 Å². The molecule has 37 heavy (non-hydrogen) atoms.